The Morgan fingerprint density at radius 1 is 1.15 bits per heavy atom. The Kier molecular flexibility index (Phi) is 9.49. The Morgan fingerprint density at radius 3 is 2.30 bits per heavy atom. The fraction of sp³-hybridized carbons (Fsp3) is 0.667. The molecule has 0 radical (unpaired) electrons. The lowest BCUT2D eigenvalue weighted by molar-refractivity contribution is -0.145. The van der Waals surface area contributed by atoms with Gasteiger partial charge in [0.25, 0.3) is 0 Å². The summed E-state index contributed by atoms with van der Waals surface area (Å²) in [7, 11) is -0.319. The fourth-order valence-electron chi connectivity index (χ4n) is 2.33. The van der Waals surface area contributed by atoms with Crippen LogP contribution in [-0.4, -0.2) is 40.7 Å². The molecule has 1 aromatic carbocycles. The molecule has 1 aromatic rings. The second-order valence-corrected chi connectivity index (χ2v) is 13.0. The first-order valence-electron chi connectivity index (χ1n) is 9.63. The number of rotatable bonds is 11. The monoisotopic (exact) mass is 396 g/mol. The highest BCUT2D eigenvalue weighted by Gasteiger charge is 2.39. The summed E-state index contributed by atoms with van der Waals surface area (Å²) in [4.78, 5) is 12.0. The van der Waals surface area contributed by atoms with E-state index in [0.717, 1.165) is 11.3 Å². The van der Waals surface area contributed by atoms with Gasteiger partial charge in [0.05, 0.1) is 32.8 Å². The van der Waals surface area contributed by atoms with Gasteiger partial charge in [0.1, 0.15) is 5.75 Å². The van der Waals surface area contributed by atoms with Crippen molar-refractivity contribution in [2.24, 2.45) is 0 Å². The van der Waals surface area contributed by atoms with Gasteiger partial charge in [0.2, 0.25) is 0 Å². The molecule has 154 valence electrons. The number of carbonyl (C=O) groups excluding carboxylic acids is 1. The number of carbonyl (C=O) groups is 1. The molecule has 0 saturated carbocycles. The normalized spacial score (nSPS) is 13.3. The van der Waals surface area contributed by atoms with E-state index in [1.54, 1.807) is 7.11 Å². The SMILES string of the molecule is CCOC(=O)C[C@@H](CCOCc1ccc(OC)cc1)O[Si](C)(C)C(C)(C)C. The van der Waals surface area contributed by atoms with Gasteiger partial charge in [-0.05, 0) is 49.2 Å². The first-order valence-corrected chi connectivity index (χ1v) is 12.5. The van der Waals surface area contributed by atoms with Crippen molar-refractivity contribution in [1.29, 1.82) is 0 Å². The Labute approximate surface area is 165 Å². The molecule has 27 heavy (non-hydrogen) atoms. The maximum Gasteiger partial charge on any atom is 0.308 e. The van der Waals surface area contributed by atoms with Gasteiger partial charge in [-0.1, -0.05) is 32.9 Å². The molecular weight excluding hydrogens is 360 g/mol. The quantitative estimate of drug-likeness (QED) is 0.301. The summed E-state index contributed by atoms with van der Waals surface area (Å²) >= 11 is 0. The van der Waals surface area contributed by atoms with Crippen LogP contribution in [0.25, 0.3) is 0 Å². The third-order valence-corrected chi connectivity index (χ3v) is 9.51. The molecule has 0 bridgehead atoms. The van der Waals surface area contributed by atoms with Crippen LogP contribution in [0.4, 0.5) is 0 Å². The average Bonchev–Trinajstić information content (AvgIpc) is 2.58. The molecule has 0 unspecified atom stereocenters. The molecule has 1 atom stereocenters. The van der Waals surface area contributed by atoms with Crippen molar-refractivity contribution in [1.82, 2.24) is 0 Å². The summed E-state index contributed by atoms with van der Waals surface area (Å²) in [6.07, 6.45) is 0.758. The third kappa shape index (κ3) is 8.45. The number of esters is 1. The van der Waals surface area contributed by atoms with E-state index in [0.29, 0.717) is 26.2 Å². The van der Waals surface area contributed by atoms with Gasteiger partial charge < -0.3 is 18.6 Å². The van der Waals surface area contributed by atoms with E-state index in [1.807, 2.05) is 31.2 Å². The minimum atomic E-state index is -1.97. The van der Waals surface area contributed by atoms with Crippen LogP contribution in [0.2, 0.25) is 18.1 Å². The van der Waals surface area contributed by atoms with Crippen molar-refractivity contribution in [3.8, 4) is 5.75 Å². The molecule has 0 aliphatic heterocycles. The van der Waals surface area contributed by atoms with Crippen LogP contribution in [0.5, 0.6) is 5.75 Å². The Balaban J connectivity index is 2.58. The second kappa shape index (κ2) is 10.8. The number of methoxy groups -OCH3 is 1. The van der Waals surface area contributed by atoms with Crippen LogP contribution in [0.15, 0.2) is 24.3 Å². The lowest BCUT2D eigenvalue weighted by atomic mass is 10.2. The van der Waals surface area contributed by atoms with Crippen LogP contribution in [-0.2, 0) is 25.3 Å². The van der Waals surface area contributed by atoms with E-state index in [1.165, 1.54) is 0 Å². The summed E-state index contributed by atoms with van der Waals surface area (Å²) in [6.45, 7) is 14.2. The van der Waals surface area contributed by atoms with E-state index < -0.39 is 8.32 Å². The minimum absolute atomic E-state index is 0.0872. The maximum atomic E-state index is 12.0. The van der Waals surface area contributed by atoms with Crippen LogP contribution < -0.4 is 4.74 Å². The summed E-state index contributed by atoms with van der Waals surface area (Å²) in [6, 6.07) is 7.81. The zero-order valence-corrected chi connectivity index (χ0v) is 19.0. The molecule has 5 nitrogen and oxygen atoms in total. The zero-order chi connectivity index (χ0) is 20.5. The van der Waals surface area contributed by atoms with Gasteiger partial charge in [-0.15, -0.1) is 0 Å². The van der Waals surface area contributed by atoms with E-state index in [4.69, 9.17) is 18.6 Å². The van der Waals surface area contributed by atoms with E-state index in [2.05, 4.69) is 33.9 Å². The number of benzene rings is 1. The van der Waals surface area contributed by atoms with Gasteiger partial charge in [-0.3, -0.25) is 4.79 Å². The Hall–Kier alpha value is -1.37. The molecule has 0 amide bonds. The second-order valence-electron chi connectivity index (χ2n) is 8.20. The number of ether oxygens (including phenoxy) is 3. The van der Waals surface area contributed by atoms with Gasteiger partial charge >= 0.3 is 5.97 Å². The van der Waals surface area contributed by atoms with Gasteiger partial charge in [0.15, 0.2) is 8.32 Å². The summed E-state index contributed by atoms with van der Waals surface area (Å²) < 4.78 is 22.5. The lowest BCUT2D eigenvalue weighted by Crippen LogP contribution is -2.44. The standard InChI is InChI=1S/C21H36O5Si/c1-8-25-20(22)15-19(26-27(6,7)21(2,3)4)13-14-24-16-17-9-11-18(23-5)12-10-17/h9-12,19H,8,13-16H2,1-7H3/t19-/m1/s1. The van der Waals surface area contributed by atoms with Crippen molar-refractivity contribution in [2.75, 3.05) is 20.3 Å². The summed E-state index contributed by atoms with van der Waals surface area (Å²) in [5, 5.41) is 0.0872. The Morgan fingerprint density at radius 2 is 1.78 bits per heavy atom. The predicted octanol–water partition coefficient (Wildman–Crippen LogP) is 4.95. The van der Waals surface area contributed by atoms with E-state index in [-0.39, 0.29) is 23.5 Å². The molecule has 0 saturated heterocycles. The highest BCUT2D eigenvalue weighted by Crippen LogP contribution is 2.38. The first-order chi connectivity index (χ1) is 12.6. The Bertz CT molecular complexity index is 563. The molecule has 0 heterocycles. The average molecular weight is 397 g/mol. The number of hydrogen-bond acceptors (Lipinski definition) is 5. The number of hydrogen-bond donors (Lipinski definition) is 0. The zero-order valence-electron chi connectivity index (χ0n) is 18.0. The molecule has 0 fully saturated rings. The van der Waals surface area contributed by atoms with Crippen LogP contribution >= 0.6 is 0 Å². The molecule has 0 aromatic heterocycles. The van der Waals surface area contributed by atoms with Crippen molar-refractivity contribution in [3.05, 3.63) is 29.8 Å². The van der Waals surface area contributed by atoms with Crippen molar-refractivity contribution in [3.63, 3.8) is 0 Å². The smallest absolute Gasteiger partial charge is 0.308 e. The van der Waals surface area contributed by atoms with Crippen LogP contribution in [0, 0.1) is 0 Å². The predicted molar refractivity (Wildman–Crippen MR) is 111 cm³/mol. The lowest BCUT2D eigenvalue weighted by Gasteiger charge is -2.39. The van der Waals surface area contributed by atoms with Crippen molar-refractivity contribution >= 4 is 14.3 Å². The third-order valence-electron chi connectivity index (χ3n) is 4.98. The topological polar surface area (TPSA) is 54.0 Å². The fourth-order valence-corrected chi connectivity index (χ4v) is 3.72. The van der Waals surface area contributed by atoms with Crippen LogP contribution in [0.1, 0.15) is 46.1 Å². The van der Waals surface area contributed by atoms with Crippen molar-refractivity contribution in [2.45, 2.75) is 71.4 Å². The first kappa shape index (κ1) is 23.7. The molecular formula is C21H36O5Si. The molecule has 1 rings (SSSR count). The van der Waals surface area contributed by atoms with E-state index >= 15 is 0 Å². The van der Waals surface area contributed by atoms with Crippen LogP contribution in [0.3, 0.4) is 0 Å². The highest BCUT2D eigenvalue weighted by atomic mass is 28.4. The molecule has 0 N–H and O–H groups in total. The molecule has 0 aliphatic carbocycles. The van der Waals surface area contributed by atoms with E-state index in [9.17, 15) is 4.79 Å². The summed E-state index contributed by atoms with van der Waals surface area (Å²) in [5.41, 5.74) is 1.09. The summed E-state index contributed by atoms with van der Waals surface area (Å²) in [5.74, 6) is 0.618. The highest BCUT2D eigenvalue weighted by molar-refractivity contribution is 6.74. The molecule has 0 spiro atoms. The molecule has 6 heteroatoms. The largest absolute Gasteiger partial charge is 0.497 e. The maximum absolute atomic E-state index is 12.0. The van der Waals surface area contributed by atoms with Gasteiger partial charge in [0, 0.05) is 6.61 Å². The minimum Gasteiger partial charge on any atom is -0.497 e. The van der Waals surface area contributed by atoms with Crippen molar-refractivity contribution < 1.29 is 23.4 Å². The van der Waals surface area contributed by atoms with Gasteiger partial charge in [-0.25, -0.2) is 0 Å². The molecule has 0 aliphatic rings. The van der Waals surface area contributed by atoms with Gasteiger partial charge in [-0.2, -0.15) is 0 Å².